The standard InChI is InChI=1S/C27H28N4O2/c1-16-13-21(18(3)31-24-12-8-7-11-20(24)23(28)15-30-29)27-22(14-16)25(32)17(2)26(33-27)19-9-5-4-6-10-19/h4-15,18,30-31H,28-29H2,1-3H3/b23-15-. The van der Waals surface area contributed by atoms with Crippen molar-refractivity contribution in [3.05, 3.63) is 105 Å². The number of nitrogens with one attached hydrogen (secondary N) is 2. The van der Waals surface area contributed by atoms with Gasteiger partial charge in [0.25, 0.3) is 0 Å². The topological polar surface area (TPSA) is 106 Å². The van der Waals surface area contributed by atoms with Crippen molar-refractivity contribution in [3.63, 3.8) is 0 Å². The van der Waals surface area contributed by atoms with Gasteiger partial charge in [-0.3, -0.25) is 10.6 Å². The monoisotopic (exact) mass is 440 g/mol. The summed E-state index contributed by atoms with van der Waals surface area (Å²) < 4.78 is 6.42. The van der Waals surface area contributed by atoms with Crippen molar-refractivity contribution in [1.82, 2.24) is 5.43 Å². The van der Waals surface area contributed by atoms with E-state index in [0.717, 1.165) is 27.9 Å². The van der Waals surface area contributed by atoms with Crippen LogP contribution in [-0.2, 0) is 0 Å². The molecular weight excluding hydrogens is 412 g/mol. The normalized spacial score (nSPS) is 12.5. The number of fused-ring (bicyclic) bond motifs is 1. The van der Waals surface area contributed by atoms with Crippen LogP contribution in [0.1, 0.15) is 35.2 Å². The molecule has 6 nitrogen and oxygen atoms in total. The maximum Gasteiger partial charge on any atom is 0.196 e. The molecule has 1 unspecified atom stereocenters. The zero-order valence-corrected chi connectivity index (χ0v) is 19.0. The predicted octanol–water partition coefficient (Wildman–Crippen LogP) is 4.97. The Balaban J connectivity index is 1.86. The van der Waals surface area contributed by atoms with Crippen molar-refractivity contribution in [3.8, 4) is 11.3 Å². The van der Waals surface area contributed by atoms with Gasteiger partial charge in [-0.25, -0.2) is 0 Å². The van der Waals surface area contributed by atoms with Crippen molar-refractivity contribution < 1.29 is 4.42 Å². The first-order valence-corrected chi connectivity index (χ1v) is 10.8. The van der Waals surface area contributed by atoms with Crippen LogP contribution in [0.2, 0.25) is 0 Å². The Bertz CT molecular complexity index is 1390. The highest BCUT2D eigenvalue weighted by Crippen LogP contribution is 2.33. The van der Waals surface area contributed by atoms with Gasteiger partial charge in [0.1, 0.15) is 11.3 Å². The summed E-state index contributed by atoms with van der Waals surface area (Å²) >= 11 is 0. The quantitative estimate of drug-likeness (QED) is 0.249. The van der Waals surface area contributed by atoms with E-state index in [9.17, 15) is 4.79 Å². The van der Waals surface area contributed by atoms with Crippen LogP contribution in [0.4, 0.5) is 5.69 Å². The molecule has 0 amide bonds. The van der Waals surface area contributed by atoms with Gasteiger partial charge < -0.3 is 20.9 Å². The van der Waals surface area contributed by atoms with Gasteiger partial charge in [-0.2, -0.15) is 0 Å². The van der Waals surface area contributed by atoms with Crippen LogP contribution in [0.15, 0.2) is 82.1 Å². The lowest BCUT2D eigenvalue weighted by Gasteiger charge is -2.21. The van der Waals surface area contributed by atoms with E-state index in [-0.39, 0.29) is 11.5 Å². The lowest BCUT2D eigenvalue weighted by molar-refractivity contribution is 0.605. The molecule has 0 fully saturated rings. The molecule has 0 saturated heterocycles. The van der Waals surface area contributed by atoms with E-state index in [1.165, 1.54) is 0 Å². The first-order valence-electron chi connectivity index (χ1n) is 10.8. The number of hydrogen-bond acceptors (Lipinski definition) is 6. The van der Waals surface area contributed by atoms with Crippen molar-refractivity contribution in [2.24, 2.45) is 11.6 Å². The number of nitrogens with two attached hydrogens (primary N) is 2. The SMILES string of the molecule is Cc1cc(C(C)Nc2ccccc2/C(N)=C/NN)c2oc(-c3ccccc3)c(C)c(=O)c2c1. The fourth-order valence-corrected chi connectivity index (χ4v) is 4.09. The third kappa shape index (κ3) is 4.33. The summed E-state index contributed by atoms with van der Waals surface area (Å²) in [7, 11) is 0. The number of rotatable bonds is 6. The van der Waals surface area contributed by atoms with E-state index in [1.807, 2.05) is 81.4 Å². The lowest BCUT2D eigenvalue weighted by atomic mass is 9.98. The Morgan fingerprint density at radius 3 is 2.45 bits per heavy atom. The number of aryl methyl sites for hydroxylation is 1. The molecule has 6 heteroatoms. The molecule has 3 aromatic carbocycles. The highest BCUT2D eigenvalue weighted by molar-refractivity contribution is 5.85. The van der Waals surface area contributed by atoms with Crippen LogP contribution >= 0.6 is 0 Å². The Morgan fingerprint density at radius 2 is 1.73 bits per heavy atom. The minimum absolute atomic E-state index is 0.0196. The summed E-state index contributed by atoms with van der Waals surface area (Å²) in [6.45, 7) is 5.83. The van der Waals surface area contributed by atoms with Gasteiger partial charge >= 0.3 is 0 Å². The third-order valence-corrected chi connectivity index (χ3v) is 5.74. The first kappa shape index (κ1) is 22.2. The second kappa shape index (κ2) is 9.22. The minimum Gasteiger partial charge on any atom is -0.455 e. The van der Waals surface area contributed by atoms with Crippen LogP contribution in [0, 0.1) is 13.8 Å². The highest BCUT2D eigenvalue weighted by Gasteiger charge is 2.19. The van der Waals surface area contributed by atoms with E-state index in [0.29, 0.717) is 28.0 Å². The number of para-hydroxylation sites is 1. The largest absolute Gasteiger partial charge is 0.455 e. The molecule has 0 bridgehead atoms. The van der Waals surface area contributed by atoms with Crippen molar-refractivity contribution in [2.45, 2.75) is 26.8 Å². The molecule has 0 aliphatic rings. The van der Waals surface area contributed by atoms with E-state index in [2.05, 4.69) is 16.8 Å². The van der Waals surface area contributed by atoms with Crippen LogP contribution in [-0.4, -0.2) is 0 Å². The highest BCUT2D eigenvalue weighted by atomic mass is 16.3. The Labute approximate surface area is 192 Å². The molecule has 0 saturated carbocycles. The molecule has 1 atom stereocenters. The summed E-state index contributed by atoms with van der Waals surface area (Å²) in [5.41, 5.74) is 14.8. The van der Waals surface area contributed by atoms with Crippen LogP contribution in [0.25, 0.3) is 28.0 Å². The molecule has 4 aromatic rings. The van der Waals surface area contributed by atoms with Gasteiger partial charge in [-0.1, -0.05) is 54.6 Å². The molecule has 6 N–H and O–H groups in total. The van der Waals surface area contributed by atoms with Gasteiger partial charge in [0.15, 0.2) is 5.43 Å². The van der Waals surface area contributed by atoms with Crippen molar-refractivity contribution >= 4 is 22.4 Å². The molecule has 0 spiro atoms. The third-order valence-electron chi connectivity index (χ3n) is 5.74. The van der Waals surface area contributed by atoms with Gasteiger partial charge in [0.2, 0.25) is 0 Å². The van der Waals surface area contributed by atoms with Gasteiger partial charge in [0, 0.05) is 34.1 Å². The van der Waals surface area contributed by atoms with Crippen LogP contribution in [0.5, 0.6) is 0 Å². The molecule has 1 heterocycles. The summed E-state index contributed by atoms with van der Waals surface area (Å²) in [5.74, 6) is 6.00. The Kier molecular flexibility index (Phi) is 6.20. The van der Waals surface area contributed by atoms with Gasteiger partial charge in [-0.15, -0.1) is 0 Å². The average Bonchev–Trinajstić information content (AvgIpc) is 2.82. The summed E-state index contributed by atoms with van der Waals surface area (Å²) in [4.78, 5) is 13.3. The second-order valence-corrected chi connectivity index (χ2v) is 8.16. The maximum absolute atomic E-state index is 13.3. The molecule has 0 aliphatic carbocycles. The molecular formula is C27H28N4O2. The van der Waals surface area contributed by atoms with E-state index >= 15 is 0 Å². The number of benzene rings is 3. The van der Waals surface area contributed by atoms with E-state index in [4.69, 9.17) is 16.0 Å². The number of anilines is 1. The Hall–Kier alpha value is -4.03. The summed E-state index contributed by atoms with van der Waals surface area (Å²) in [6.07, 6.45) is 1.54. The molecule has 168 valence electrons. The maximum atomic E-state index is 13.3. The minimum atomic E-state index is -0.165. The lowest BCUT2D eigenvalue weighted by Crippen LogP contribution is -2.17. The van der Waals surface area contributed by atoms with Gasteiger partial charge in [-0.05, 0) is 38.5 Å². The van der Waals surface area contributed by atoms with Crippen LogP contribution < -0.4 is 27.7 Å². The molecule has 33 heavy (non-hydrogen) atoms. The number of hydrogen-bond donors (Lipinski definition) is 4. The van der Waals surface area contributed by atoms with Crippen molar-refractivity contribution in [2.75, 3.05) is 5.32 Å². The zero-order chi connectivity index (χ0) is 23.5. The summed E-state index contributed by atoms with van der Waals surface area (Å²) in [5, 5.41) is 4.11. The molecule has 1 aromatic heterocycles. The van der Waals surface area contributed by atoms with Crippen LogP contribution in [0.3, 0.4) is 0 Å². The zero-order valence-electron chi connectivity index (χ0n) is 19.0. The predicted molar refractivity (Wildman–Crippen MR) is 135 cm³/mol. The van der Waals surface area contributed by atoms with Crippen molar-refractivity contribution in [1.29, 1.82) is 0 Å². The second-order valence-electron chi connectivity index (χ2n) is 8.16. The Morgan fingerprint density at radius 1 is 1.03 bits per heavy atom. The van der Waals surface area contributed by atoms with E-state index in [1.54, 1.807) is 6.20 Å². The number of hydrazine groups is 1. The fourth-order valence-electron chi connectivity index (χ4n) is 4.09. The first-order chi connectivity index (χ1) is 15.9. The summed E-state index contributed by atoms with van der Waals surface area (Å²) in [6, 6.07) is 21.2. The molecule has 4 rings (SSSR count). The van der Waals surface area contributed by atoms with E-state index < -0.39 is 0 Å². The van der Waals surface area contributed by atoms with Gasteiger partial charge in [0.05, 0.1) is 17.1 Å². The molecule has 0 radical (unpaired) electrons. The smallest absolute Gasteiger partial charge is 0.196 e. The average molecular weight is 441 g/mol. The molecule has 0 aliphatic heterocycles. The fraction of sp³-hybridized carbons (Fsp3) is 0.148.